The van der Waals surface area contributed by atoms with Crippen LogP contribution in [0.3, 0.4) is 0 Å². The zero-order valence-corrected chi connectivity index (χ0v) is 16.7. The molecule has 4 aromatic rings. The molecule has 4 rings (SSSR count). The number of aliphatic carboxylic acids is 1. The second-order valence-electron chi connectivity index (χ2n) is 6.88. The van der Waals surface area contributed by atoms with Crippen LogP contribution < -0.4 is 5.32 Å². The third-order valence-electron chi connectivity index (χ3n) is 4.79. The van der Waals surface area contributed by atoms with E-state index in [2.05, 4.69) is 20.5 Å². The number of carbonyl (C=O) groups excluding carboxylic acids is 1. The maximum absolute atomic E-state index is 12.9. The minimum absolute atomic E-state index is 0.0580. The zero-order chi connectivity index (χ0) is 22.5. The molecule has 0 radical (unpaired) electrons. The topological polar surface area (TPSA) is 124 Å². The van der Waals surface area contributed by atoms with Crippen molar-refractivity contribution in [2.24, 2.45) is 10.2 Å². The number of carbonyl (C=O) groups is 2. The summed E-state index contributed by atoms with van der Waals surface area (Å²) in [5.74, 6) is -1.97. The van der Waals surface area contributed by atoms with Crippen molar-refractivity contribution in [2.75, 3.05) is 0 Å². The summed E-state index contributed by atoms with van der Waals surface area (Å²) in [5.41, 5.74) is 0.729. The predicted octanol–water partition coefficient (Wildman–Crippen LogP) is 4.91. The highest BCUT2D eigenvalue weighted by Crippen LogP contribution is 2.36. The van der Waals surface area contributed by atoms with Crippen LogP contribution in [0.4, 0.5) is 11.4 Å². The van der Waals surface area contributed by atoms with E-state index >= 15 is 0 Å². The number of phenols is 1. The molecule has 3 N–H and O–H groups in total. The Labute approximate surface area is 182 Å². The molecule has 1 unspecified atom stereocenters. The number of amides is 1. The van der Waals surface area contributed by atoms with Gasteiger partial charge in [-0.15, -0.1) is 10.2 Å². The van der Waals surface area contributed by atoms with Crippen LogP contribution in [0.1, 0.15) is 22.1 Å². The van der Waals surface area contributed by atoms with Gasteiger partial charge in [0, 0.05) is 11.6 Å². The molecule has 32 heavy (non-hydrogen) atoms. The summed E-state index contributed by atoms with van der Waals surface area (Å²) >= 11 is 0. The van der Waals surface area contributed by atoms with Crippen LogP contribution in [0.25, 0.3) is 10.8 Å². The average Bonchev–Trinajstić information content (AvgIpc) is 2.82. The van der Waals surface area contributed by atoms with Crippen LogP contribution in [0.15, 0.2) is 95.3 Å². The molecule has 0 saturated heterocycles. The Balaban J connectivity index is 1.66. The fourth-order valence-electron chi connectivity index (χ4n) is 3.24. The summed E-state index contributed by atoms with van der Waals surface area (Å²) < 4.78 is 0. The highest BCUT2D eigenvalue weighted by atomic mass is 16.4. The van der Waals surface area contributed by atoms with Gasteiger partial charge in [0.1, 0.15) is 17.1 Å². The number of rotatable bonds is 6. The fraction of sp³-hybridized carbons (Fsp3) is 0.0417. The number of benzene rings is 3. The number of phenolic OH excluding ortho intramolecular Hbond substituents is 1. The molecular weight excluding hydrogens is 408 g/mol. The van der Waals surface area contributed by atoms with E-state index in [0.29, 0.717) is 10.9 Å². The molecule has 8 heteroatoms. The summed E-state index contributed by atoms with van der Waals surface area (Å²) in [6, 6.07) is 20.9. The van der Waals surface area contributed by atoms with E-state index in [9.17, 15) is 19.8 Å². The summed E-state index contributed by atoms with van der Waals surface area (Å²) in [5, 5.41) is 32.2. The van der Waals surface area contributed by atoms with Crippen molar-refractivity contribution >= 4 is 34.0 Å². The van der Waals surface area contributed by atoms with E-state index in [0.717, 1.165) is 5.39 Å². The number of azo groups is 1. The summed E-state index contributed by atoms with van der Waals surface area (Å²) in [4.78, 5) is 28.6. The minimum Gasteiger partial charge on any atom is -0.506 e. The average molecular weight is 426 g/mol. The second-order valence-corrected chi connectivity index (χ2v) is 6.88. The number of nitrogens with zero attached hydrogens (tertiary/aromatic N) is 3. The van der Waals surface area contributed by atoms with Crippen molar-refractivity contribution in [2.45, 2.75) is 6.04 Å². The molecule has 0 aliphatic heterocycles. The van der Waals surface area contributed by atoms with Gasteiger partial charge in [-0.2, -0.15) is 0 Å². The smallest absolute Gasteiger partial charge is 0.330 e. The first-order valence-corrected chi connectivity index (χ1v) is 9.70. The first-order chi connectivity index (χ1) is 15.5. The van der Waals surface area contributed by atoms with Crippen LogP contribution in [0, 0.1) is 0 Å². The van der Waals surface area contributed by atoms with Crippen LogP contribution in [-0.4, -0.2) is 27.1 Å². The lowest BCUT2D eigenvalue weighted by Crippen LogP contribution is -2.34. The van der Waals surface area contributed by atoms with Crippen molar-refractivity contribution < 1.29 is 19.8 Å². The Morgan fingerprint density at radius 3 is 2.41 bits per heavy atom. The monoisotopic (exact) mass is 426 g/mol. The van der Waals surface area contributed by atoms with Gasteiger partial charge in [-0.05, 0) is 29.1 Å². The van der Waals surface area contributed by atoms with Crippen LogP contribution in [0.2, 0.25) is 0 Å². The predicted molar refractivity (Wildman–Crippen MR) is 118 cm³/mol. The lowest BCUT2D eigenvalue weighted by molar-refractivity contribution is -0.139. The molecule has 1 heterocycles. The number of fused-ring (bicyclic) bond motifs is 1. The van der Waals surface area contributed by atoms with Crippen LogP contribution in [-0.2, 0) is 4.79 Å². The van der Waals surface area contributed by atoms with E-state index in [-0.39, 0.29) is 22.8 Å². The number of pyridine rings is 1. The molecule has 0 spiro atoms. The lowest BCUT2D eigenvalue weighted by Gasteiger charge is -2.15. The molecule has 158 valence electrons. The number of aromatic nitrogens is 1. The number of carboxylic acid groups (broad SMARTS) is 1. The Bertz CT molecular complexity index is 1320. The molecule has 8 nitrogen and oxygen atoms in total. The van der Waals surface area contributed by atoms with Gasteiger partial charge < -0.3 is 15.5 Å². The van der Waals surface area contributed by atoms with Crippen LogP contribution in [0.5, 0.6) is 5.75 Å². The number of aromatic hydroxyl groups is 1. The molecule has 1 atom stereocenters. The van der Waals surface area contributed by atoms with Gasteiger partial charge in [-0.1, -0.05) is 60.7 Å². The van der Waals surface area contributed by atoms with Crippen LogP contribution >= 0.6 is 0 Å². The molecule has 0 aliphatic carbocycles. The van der Waals surface area contributed by atoms with E-state index in [4.69, 9.17) is 0 Å². The number of hydrogen-bond donors (Lipinski definition) is 3. The van der Waals surface area contributed by atoms with Gasteiger partial charge in [0.05, 0.1) is 0 Å². The second kappa shape index (κ2) is 9.05. The first kappa shape index (κ1) is 20.7. The molecule has 1 amide bonds. The van der Waals surface area contributed by atoms with Crippen molar-refractivity contribution in [3.8, 4) is 5.75 Å². The normalized spacial score (nSPS) is 12.0. The first-order valence-electron chi connectivity index (χ1n) is 9.70. The van der Waals surface area contributed by atoms with Gasteiger partial charge in [0.2, 0.25) is 0 Å². The molecule has 0 bridgehead atoms. The molecule has 0 saturated carbocycles. The quantitative estimate of drug-likeness (QED) is 0.378. The van der Waals surface area contributed by atoms with Crippen molar-refractivity contribution in [1.29, 1.82) is 0 Å². The maximum atomic E-state index is 12.9. The van der Waals surface area contributed by atoms with Gasteiger partial charge in [0.25, 0.3) is 5.91 Å². The third kappa shape index (κ3) is 4.29. The Hall–Kier alpha value is -4.59. The zero-order valence-electron chi connectivity index (χ0n) is 16.7. The molecule has 0 aliphatic rings. The summed E-state index contributed by atoms with van der Waals surface area (Å²) in [6.07, 6.45) is 1.40. The lowest BCUT2D eigenvalue weighted by atomic mass is 10.1. The SMILES string of the molecule is O=C(NC(C(=O)O)c1ccccc1)c1ncccc1N=Nc1c(O)ccc2ccccc12. The standard InChI is InChI=1S/C24H18N4O4/c29-19-13-12-15-7-4-5-10-17(15)21(19)28-27-18-11-6-14-25-22(18)23(30)26-20(24(31)32)16-8-2-1-3-9-16/h1-14,20,29H,(H,26,30)(H,31,32). The third-order valence-corrected chi connectivity index (χ3v) is 4.79. The number of carboxylic acids is 1. The molecule has 0 fully saturated rings. The Kier molecular flexibility index (Phi) is 5.85. The van der Waals surface area contributed by atoms with Gasteiger partial charge in [0.15, 0.2) is 11.7 Å². The minimum atomic E-state index is -1.25. The summed E-state index contributed by atoms with van der Waals surface area (Å²) in [6.45, 7) is 0. The van der Waals surface area contributed by atoms with E-state index in [1.165, 1.54) is 18.3 Å². The largest absolute Gasteiger partial charge is 0.506 e. The summed E-state index contributed by atoms with van der Waals surface area (Å²) in [7, 11) is 0. The molecule has 3 aromatic carbocycles. The van der Waals surface area contributed by atoms with E-state index in [1.807, 2.05) is 18.2 Å². The van der Waals surface area contributed by atoms with E-state index < -0.39 is 17.9 Å². The number of nitrogens with one attached hydrogen (secondary N) is 1. The fourth-order valence-corrected chi connectivity index (χ4v) is 3.24. The Morgan fingerprint density at radius 2 is 1.62 bits per heavy atom. The highest BCUT2D eigenvalue weighted by molar-refractivity contribution is 5.99. The van der Waals surface area contributed by atoms with Crippen molar-refractivity contribution in [1.82, 2.24) is 10.3 Å². The highest BCUT2D eigenvalue weighted by Gasteiger charge is 2.24. The molecule has 1 aromatic heterocycles. The van der Waals surface area contributed by atoms with Crippen molar-refractivity contribution in [3.05, 3.63) is 96.3 Å². The van der Waals surface area contributed by atoms with Gasteiger partial charge in [-0.25, -0.2) is 9.78 Å². The number of hydrogen-bond acceptors (Lipinski definition) is 6. The van der Waals surface area contributed by atoms with Crippen molar-refractivity contribution in [3.63, 3.8) is 0 Å². The van der Waals surface area contributed by atoms with Gasteiger partial charge >= 0.3 is 5.97 Å². The van der Waals surface area contributed by atoms with Gasteiger partial charge in [-0.3, -0.25) is 4.79 Å². The maximum Gasteiger partial charge on any atom is 0.330 e. The van der Waals surface area contributed by atoms with E-state index in [1.54, 1.807) is 48.5 Å². The Morgan fingerprint density at radius 1 is 0.875 bits per heavy atom. The molecular formula is C24H18N4O4.